The van der Waals surface area contributed by atoms with Gasteiger partial charge in [0.1, 0.15) is 6.61 Å². The average Bonchev–Trinajstić information content (AvgIpc) is 2.78. The molecule has 0 aromatic heterocycles. The first-order valence-corrected chi connectivity index (χ1v) is 9.46. The first kappa shape index (κ1) is 20.3. The van der Waals surface area contributed by atoms with Crippen molar-refractivity contribution in [1.29, 1.82) is 0 Å². The van der Waals surface area contributed by atoms with Crippen LogP contribution in [-0.2, 0) is 4.79 Å². The maximum Gasteiger partial charge on any atom is 0.232 e. The molecule has 1 N–H and O–H groups in total. The summed E-state index contributed by atoms with van der Waals surface area (Å²) in [7, 11) is 3.14. The van der Waals surface area contributed by atoms with E-state index in [1.54, 1.807) is 26.4 Å². The van der Waals surface area contributed by atoms with Crippen LogP contribution in [0.4, 0.5) is 0 Å². The molecule has 3 rings (SSSR count). The maximum absolute atomic E-state index is 13.0. The molecule has 0 bridgehead atoms. The van der Waals surface area contributed by atoms with E-state index in [9.17, 15) is 4.79 Å². The lowest BCUT2D eigenvalue weighted by atomic mass is 9.90. The number of ether oxygens (including phenoxy) is 3. The molecule has 1 amide bonds. The topological polar surface area (TPSA) is 56.8 Å². The second-order valence-electron chi connectivity index (χ2n) is 6.39. The van der Waals surface area contributed by atoms with Crippen molar-refractivity contribution in [2.45, 2.75) is 5.92 Å². The van der Waals surface area contributed by atoms with Crippen LogP contribution in [0, 0.1) is 0 Å². The normalized spacial score (nSPS) is 10.4. The van der Waals surface area contributed by atoms with E-state index in [2.05, 4.69) is 5.32 Å². The molecular formula is C24H25NO4. The molecule has 0 atom stereocenters. The summed E-state index contributed by atoms with van der Waals surface area (Å²) in [5.41, 5.74) is 1.90. The van der Waals surface area contributed by atoms with Gasteiger partial charge < -0.3 is 19.5 Å². The number of hydrogen-bond donors (Lipinski definition) is 1. The Kier molecular flexibility index (Phi) is 7.11. The van der Waals surface area contributed by atoms with E-state index in [-0.39, 0.29) is 11.8 Å². The summed E-state index contributed by atoms with van der Waals surface area (Å²) in [5.74, 6) is 1.27. The summed E-state index contributed by atoms with van der Waals surface area (Å²) in [6.07, 6.45) is 0. The van der Waals surface area contributed by atoms with Crippen molar-refractivity contribution in [2.75, 3.05) is 27.4 Å². The number of rotatable bonds is 9. The Morgan fingerprint density at radius 2 is 1.38 bits per heavy atom. The predicted molar refractivity (Wildman–Crippen MR) is 113 cm³/mol. The van der Waals surface area contributed by atoms with E-state index in [0.717, 1.165) is 11.1 Å². The third kappa shape index (κ3) is 5.08. The molecule has 0 fully saturated rings. The Labute approximate surface area is 171 Å². The minimum Gasteiger partial charge on any atom is -0.493 e. The number of carbonyl (C=O) groups excluding carboxylic acids is 1. The molecule has 0 unspecified atom stereocenters. The monoisotopic (exact) mass is 391 g/mol. The van der Waals surface area contributed by atoms with E-state index in [1.165, 1.54) is 0 Å². The Morgan fingerprint density at radius 3 is 1.93 bits per heavy atom. The van der Waals surface area contributed by atoms with Crippen LogP contribution in [0.15, 0.2) is 78.9 Å². The zero-order chi connectivity index (χ0) is 20.5. The van der Waals surface area contributed by atoms with Crippen molar-refractivity contribution in [3.8, 4) is 17.2 Å². The predicted octanol–water partition coefficient (Wildman–Crippen LogP) is 4.03. The van der Waals surface area contributed by atoms with Crippen LogP contribution < -0.4 is 19.5 Å². The fourth-order valence-corrected chi connectivity index (χ4v) is 3.19. The number of carbonyl (C=O) groups is 1. The van der Waals surface area contributed by atoms with Crippen molar-refractivity contribution in [1.82, 2.24) is 5.32 Å². The molecule has 0 saturated carbocycles. The fraction of sp³-hybridized carbons (Fsp3) is 0.208. The molecule has 0 spiro atoms. The average molecular weight is 391 g/mol. The number of methoxy groups -OCH3 is 2. The molecule has 29 heavy (non-hydrogen) atoms. The summed E-state index contributed by atoms with van der Waals surface area (Å²) >= 11 is 0. The third-order valence-corrected chi connectivity index (χ3v) is 4.55. The fourth-order valence-electron chi connectivity index (χ4n) is 3.19. The number of para-hydroxylation sites is 1. The Morgan fingerprint density at radius 1 is 0.793 bits per heavy atom. The van der Waals surface area contributed by atoms with Gasteiger partial charge in [0, 0.05) is 0 Å². The van der Waals surface area contributed by atoms with E-state index < -0.39 is 0 Å². The number of benzene rings is 3. The van der Waals surface area contributed by atoms with Crippen molar-refractivity contribution >= 4 is 5.91 Å². The van der Waals surface area contributed by atoms with Gasteiger partial charge in [-0.25, -0.2) is 0 Å². The molecule has 0 aliphatic heterocycles. The largest absolute Gasteiger partial charge is 0.493 e. The molecular weight excluding hydrogens is 366 g/mol. The van der Waals surface area contributed by atoms with Gasteiger partial charge in [-0.05, 0) is 23.3 Å². The molecule has 0 saturated heterocycles. The van der Waals surface area contributed by atoms with E-state index >= 15 is 0 Å². The smallest absolute Gasteiger partial charge is 0.232 e. The molecule has 3 aromatic carbocycles. The second kappa shape index (κ2) is 10.2. The number of hydrogen-bond acceptors (Lipinski definition) is 4. The highest BCUT2D eigenvalue weighted by Gasteiger charge is 2.22. The van der Waals surface area contributed by atoms with Crippen LogP contribution in [0.5, 0.6) is 17.2 Å². The Hall–Kier alpha value is -3.47. The molecule has 5 nitrogen and oxygen atoms in total. The minimum absolute atomic E-state index is 0.0661. The van der Waals surface area contributed by atoms with Crippen molar-refractivity contribution in [3.63, 3.8) is 0 Å². The third-order valence-electron chi connectivity index (χ3n) is 4.55. The van der Waals surface area contributed by atoms with Crippen molar-refractivity contribution in [3.05, 3.63) is 90.0 Å². The standard InChI is InChI=1S/C24H25NO4/c1-27-20-14-9-15-21(23(20)28-2)29-17-16-25-24(26)22(18-10-5-3-6-11-18)19-12-7-4-8-13-19/h3-15,22H,16-17H2,1-2H3,(H,25,26). The van der Waals surface area contributed by atoms with E-state index in [1.807, 2.05) is 66.7 Å². The van der Waals surface area contributed by atoms with E-state index in [0.29, 0.717) is 30.4 Å². The van der Waals surface area contributed by atoms with Gasteiger partial charge in [0.25, 0.3) is 0 Å². The molecule has 3 aromatic rings. The van der Waals surface area contributed by atoms with Crippen LogP contribution in [-0.4, -0.2) is 33.3 Å². The van der Waals surface area contributed by atoms with Crippen LogP contribution in [0.1, 0.15) is 17.0 Å². The van der Waals surface area contributed by atoms with Gasteiger partial charge in [0.15, 0.2) is 11.5 Å². The first-order chi connectivity index (χ1) is 14.2. The summed E-state index contributed by atoms with van der Waals surface area (Å²) in [6, 6.07) is 25.0. The zero-order valence-electron chi connectivity index (χ0n) is 16.6. The summed E-state index contributed by atoms with van der Waals surface area (Å²) < 4.78 is 16.4. The molecule has 0 aliphatic carbocycles. The quantitative estimate of drug-likeness (QED) is 0.560. The summed E-state index contributed by atoms with van der Waals surface area (Å²) in [4.78, 5) is 13.0. The lowest BCUT2D eigenvalue weighted by molar-refractivity contribution is -0.121. The van der Waals surface area contributed by atoms with Gasteiger partial charge in [-0.15, -0.1) is 0 Å². The van der Waals surface area contributed by atoms with Crippen LogP contribution >= 0.6 is 0 Å². The van der Waals surface area contributed by atoms with Gasteiger partial charge in [-0.1, -0.05) is 66.7 Å². The van der Waals surface area contributed by atoms with Crippen molar-refractivity contribution in [2.24, 2.45) is 0 Å². The molecule has 0 radical (unpaired) electrons. The lowest BCUT2D eigenvalue weighted by Gasteiger charge is -2.18. The minimum atomic E-state index is -0.372. The molecule has 5 heteroatoms. The van der Waals surface area contributed by atoms with Gasteiger partial charge in [-0.2, -0.15) is 0 Å². The maximum atomic E-state index is 13.0. The number of amides is 1. The van der Waals surface area contributed by atoms with E-state index in [4.69, 9.17) is 14.2 Å². The first-order valence-electron chi connectivity index (χ1n) is 9.46. The van der Waals surface area contributed by atoms with Gasteiger partial charge in [-0.3, -0.25) is 4.79 Å². The highest BCUT2D eigenvalue weighted by atomic mass is 16.5. The van der Waals surface area contributed by atoms with Gasteiger partial charge >= 0.3 is 0 Å². The Bertz CT molecular complexity index is 873. The Balaban J connectivity index is 1.64. The van der Waals surface area contributed by atoms with Crippen LogP contribution in [0.25, 0.3) is 0 Å². The zero-order valence-corrected chi connectivity index (χ0v) is 16.6. The van der Waals surface area contributed by atoms with Gasteiger partial charge in [0.2, 0.25) is 11.7 Å². The lowest BCUT2D eigenvalue weighted by Crippen LogP contribution is -2.33. The number of nitrogens with one attached hydrogen (secondary N) is 1. The van der Waals surface area contributed by atoms with Gasteiger partial charge in [0.05, 0.1) is 26.7 Å². The highest BCUT2D eigenvalue weighted by Crippen LogP contribution is 2.36. The van der Waals surface area contributed by atoms with Crippen molar-refractivity contribution < 1.29 is 19.0 Å². The summed E-state index contributed by atoms with van der Waals surface area (Å²) in [6.45, 7) is 0.681. The summed E-state index contributed by atoms with van der Waals surface area (Å²) in [5, 5.41) is 2.98. The van der Waals surface area contributed by atoms with Crippen LogP contribution in [0.3, 0.4) is 0 Å². The molecule has 150 valence electrons. The highest BCUT2D eigenvalue weighted by molar-refractivity contribution is 5.87. The molecule has 0 aliphatic rings. The SMILES string of the molecule is COc1cccc(OCCNC(=O)C(c2ccccc2)c2ccccc2)c1OC. The van der Waals surface area contributed by atoms with Crippen LogP contribution in [0.2, 0.25) is 0 Å². The molecule has 0 heterocycles. The second-order valence-corrected chi connectivity index (χ2v) is 6.39.